The highest BCUT2D eigenvalue weighted by Gasteiger charge is 2.49. The highest BCUT2D eigenvalue weighted by atomic mass is 16.5. The Morgan fingerprint density at radius 3 is 2.03 bits per heavy atom. The fourth-order valence-electron chi connectivity index (χ4n) is 6.00. The van der Waals surface area contributed by atoms with E-state index in [9.17, 15) is 39.0 Å². The van der Waals surface area contributed by atoms with Crippen LogP contribution in [0.3, 0.4) is 0 Å². The third-order valence-corrected chi connectivity index (χ3v) is 9.28. The summed E-state index contributed by atoms with van der Waals surface area (Å²) in [5.74, 6) is -0.551. The minimum Gasteiger partial charge on any atom is -0.481 e. The molecule has 0 radical (unpaired) electrons. The van der Waals surface area contributed by atoms with Crippen LogP contribution in [0.4, 0.5) is 0 Å². The number of carboxylic acid groups (broad SMARTS) is 1. The first-order chi connectivity index (χ1) is 27.8. The number of unbranched alkanes of at least 4 members (excludes halogenated alkanes) is 8. The van der Waals surface area contributed by atoms with E-state index in [-0.39, 0.29) is 31.2 Å². The summed E-state index contributed by atoms with van der Waals surface area (Å²) in [5, 5.41) is 24.5. The van der Waals surface area contributed by atoms with E-state index in [2.05, 4.69) is 24.1 Å². The topological polar surface area (TPSA) is 192 Å². The molecule has 0 bridgehead atoms. The molecule has 3 atom stereocenters. The highest BCUT2D eigenvalue weighted by molar-refractivity contribution is 5.95. The van der Waals surface area contributed by atoms with Gasteiger partial charge in [0.05, 0.1) is 19.4 Å². The molecule has 2 rings (SSSR count). The predicted octanol–water partition coefficient (Wildman–Crippen LogP) is 6.61. The molecule has 0 saturated heterocycles. The zero-order valence-electron chi connectivity index (χ0n) is 34.2. The number of amides is 1. The van der Waals surface area contributed by atoms with Crippen LogP contribution in [-0.4, -0.2) is 71.1 Å². The summed E-state index contributed by atoms with van der Waals surface area (Å²) in [7, 11) is 1.14. The van der Waals surface area contributed by atoms with E-state index in [0.29, 0.717) is 42.6 Å². The first kappa shape index (κ1) is 48.7. The van der Waals surface area contributed by atoms with Gasteiger partial charge >= 0.3 is 23.9 Å². The number of carbonyl (C=O) groups is 6. The smallest absolute Gasteiger partial charge is 0.337 e. The number of aliphatic hydroxyl groups is 1. The summed E-state index contributed by atoms with van der Waals surface area (Å²) in [5.41, 5.74) is -1.88. The second kappa shape index (κ2) is 27.2. The number of methoxy groups -OCH3 is 1. The minimum atomic E-state index is -2.98. The largest absolute Gasteiger partial charge is 0.481 e. The van der Waals surface area contributed by atoms with Crippen molar-refractivity contribution in [1.82, 2.24) is 5.32 Å². The Hall–Kier alpha value is -5.48. The van der Waals surface area contributed by atoms with Crippen molar-refractivity contribution in [1.29, 1.82) is 0 Å². The fraction of sp³-hybridized carbons (Fsp3) is 0.511. The van der Waals surface area contributed by atoms with Crippen LogP contribution in [0.2, 0.25) is 0 Å². The Labute approximate surface area is 341 Å². The summed E-state index contributed by atoms with van der Waals surface area (Å²) in [6.07, 6.45) is 11.7. The van der Waals surface area contributed by atoms with Crippen molar-refractivity contribution in [2.45, 2.75) is 129 Å². The zero-order chi connectivity index (χ0) is 42.8. The van der Waals surface area contributed by atoms with Gasteiger partial charge in [-0.2, -0.15) is 0 Å². The van der Waals surface area contributed by atoms with Crippen LogP contribution in [0, 0.1) is 17.8 Å². The lowest BCUT2D eigenvalue weighted by molar-refractivity contribution is -0.174. The predicted molar refractivity (Wildman–Crippen MR) is 217 cm³/mol. The van der Waals surface area contributed by atoms with Crippen LogP contribution < -0.4 is 14.8 Å². The Morgan fingerprint density at radius 1 is 0.845 bits per heavy atom. The second-order valence-corrected chi connectivity index (χ2v) is 14.0. The molecule has 0 aliphatic carbocycles. The van der Waals surface area contributed by atoms with Crippen LogP contribution in [0.5, 0.6) is 11.5 Å². The van der Waals surface area contributed by atoms with Crippen LogP contribution in [0.25, 0.3) is 0 Å². The normalized spacial score (nSPS) is 12.9. The van der Waals surface area contributed by atoms with Crippen molar-refractivity contribution in [3.05, 3.63) is 71.8 Å². The monoisotopic (exact) mass is 805 g/mol. The van der Waals surface area contributed by atoms with Gasteiger partial charge in [0.2, 0.25) is 5.91 Å². The number of ketones is 1. The number of carbonyl (C=O) groups excluding carboxylic acids is 5. The second-order valence-electron chi connectivity index (χ2n) is 14.0. The standard InChI is InChI=1S/C45H59NO12/c1-5-7-9-12-15-18-36(48)19-16-13-10-11-14-17-20-39(42(50)46-40(43(51)55-4)30-34-21-25-37(26-22-34)56-29-8-6-2)45(54,44(52)53)31-41(49)57-32-35-23-27-38(28-24-35)58-33(3)47/h17,20-28,39-40,54H,5,7,9-16,18-19,29-32H2,1-4H3,(H,46,50)(H,52,53)/t39-,40+,45+/m1/s1. The first-order valence-electron chi connectivity index (χ1n) is 19.9. The van der Waals surface area contributed by atoms with E-state index in [0.717, 1.165) is 52.1 Å². The first-order valence-corrected chi connectivity index (χ1v) is 19.9. The fourth-order valence-corrected chi connectivity index (χ4v) is 6.00. The van der Waals surface area contributed by atoms with Gasteiger partial charge in [0.1, 0.15) is 36.5 Å². The molecule has 0 spiro atoms. The van der Waals surface area contributed by atoms with Gasteiger partial charge in [0.15, 0.2) is 5.60 Å². The summed E-state index contributed by atoms with van der Waals surface area (Å²) in [4.78, 5) is 76.0. The molecule has 13 nitrogen and oxygen atoms in total. The maximum Gasteiger partial charge on any atom is 0.337 e. The average Bonchev–Trinajstić information content (AvgIpc) is 3.19. The molecule has 0 aliphatic heterocycles. The molecule has 0 aromatic heterocycles. The summed E-state index contributed by atoms with van der Waals surface area (Å²) >= 11 is 0. The number of carboxylic acids is 1. The number of allylic oxidation sites excluding steroid dienone is 1. The van der Waals surface area contributed by atoms with Crippen molar-refractivity contribution >= 4 is 35.6 Å². The maximum absolute atomic E-state index is 13.9. The molecular formula is C45H59NO12. The lowest BCUT2D eigenvalue weighted by Gasteiger charge is -2.30. The van der Waals surface area contributed by atoms with Crippen molar-refractivity contribution in [2.24, 2.45) is 5.92 Å². The van der Waals surface area contributed by atoms with Gasteiger partial charge in [-0.15, -0.1) is 5.92 Å². The average molecular weight is 806 g/mol. The Morgan fingerprint density at radius 2 is 1.45 bits per heavy atom. The van der Waals surface area contributed by atoms with Gasteiger partial charge in [-0.1, -0.05) is 87.8 Å². The van der Waals surface area contributed by atoms with Crippen LogP contribution in [0.1, 0.15) is 115 Å². The molecular weight excluding hydrogens is 746 g/mol. The van der Waals surface area contributed by atoms with Gasteiger partial charge in [-0.25, -0.2) is 9.59 Å². The molecule has 3 N–H and O–H groups in total. The molecule has 2 aromatic carbocycles. The quantitative estimate of drug-likeness (QED) is 0.0275. The summed E-state index contributed by atoms with van der Waals surface area (Å²) in [6, 6.07) is 11.5. The highest BCUT2D eigenvalue weighted by Crippen LogP contribution is 2.27. The number of ether oxygens (including phenoxy) is 4. The van der Waals surface area contributed by atoms with E-state index >= 15 is 0 Å². The molecule has 316 valence electrons. The molecule has 0 heterocycles. The van der Waals surface area contributed by atoms with Gasteiger partial charge in [0, 0.05) is 26.2 Å². The molecule has 58 heavy (non-hydrogen) atoms. The van der Waals surface area contributed by atoms with E-state index in [1.165, 1.54) is 43.7 Å². The number of benzene rings is 2. The summed E-state index contributed by atoms with van der Waals surface area (Å²) in [6.45, 7) is 4.99. The van der Waals surface area contributed by atoms with Gasteiger partial charge < -0.3 is 34.5 Å². The van der Waals surface area contributed by atoms with E-state index in [4.69, 9.17) is 18.9 Å². The van der Waals surface area contributed by atoms with Crippen molar-refractivity contribution in [2.75, 3.05) is 13.7 Å². The third kappa shape index (κ3) is 18.6. The molecule has 0 saturated carbocycles. The van der Waals surface area contributed by atoms with Gasteiger partial charge in [-0.05, 0) is 68.0 Å². The van der Waals surface area contributed by atoms with Crippen LogP contribution in [0.15, 0.2) is 60.7 Å². The number of Topliss-reactive ketones (excluding diaryl/α,β-unsaturated/α-hetero) is 1. The molecule has 1 amide bonds. The number of hydrogen-bond acceptors (Lipinski definition) is 11. The minimum absolute atomic E-state index is 0.0466. The van der Waals surface area contributed by atoms with Crippen LogP contribution in [-0.2, 0) is 51.3 Å². The number of nitrogens with one attached hydrogen (secondary N) is 1. The molecule has 0 fully saturated rings. The lowest BCUT2D eigenvalue weighted by Crippen LogP contribution is -2.55. The Balaban J connectivity index is 2.19. The maximum atomic E-state index is 13.9. The zero-order valence-corrected chi connectivity index (χ0v) is 34.2. The molecule has 0 unspecified atom stereocenters. The van der Waals surface area contributed by atoms with E-state index in [1.807, 2.05) is 0 Å². The Kier molecular flexibility index (Phi) is 22.8. The van der Waals surface area contributed by atoms with Gasteiger partial charge in [-0.3, -0.25) is 19.2 Å². The van der Waals surface area contributed by atoms with Gasteiger partial charge in [0.25, 0.3) is 0 Å². The Bertz CT molecular complexity index is 1710. The SMILES string of the molecule is CC#CCOc1ccc(C[C@H](NC(=O)[C@@H](C=CCCCCCCC(=O)CCCCCCC)[C@@](O)(CC(=O)OCc2ccc(OC(C)=O)cc2)C(=O)O)C(=O)OC)cc1. The molecule has 0 aliphatic rings. The summed E-state index contributed by atoms with van der Waals surface area (Å²) < 4.78 is 20.7. The molecule has 2 aromatic rings. The lowest BCUT2D eigenvalue weighted by atomic mass is 9.82. The number of hydrogen-bond donors (Lipinski definition) is 3. The third-order valence-electron chi connectivity index (χ3n) is 9.28. The van der Waals surface area contributed by atoms with Crippen molar-refractivity contribution < 1.29 is 57.9 Å². The van der Waals surface area contributed by atoms with Crippen molar-refractivity contribution in [3.8, 4) is 23.3 Å². The van der Waals surface area contributed by atoms with E-state index in [1.54, 1.807) is 37.3 Å². The number of rotatable bonds is 28. The number of esters is 3. The molecule has 13 heteroatoms. The van der Waals surface area contributed by atoms with Crippen molar-refractivity contribution in [3.63, 3.8) is 0 Å². The van der Waals surface area contributed by atoms with E-state index < -0.39 is 53.8 Å². The van der Waals surface area contributed by atoms with Crippen LogP contribution >= 0.6 is 0 Å². The number of aliphatic carboxylic acids is 1.